The van der Waals surface area contributed by atoms with Crippen LogP contribution in [0.4, 0.5) is 5.13 Å². The number of aryl methyl sites for hydroxylation is 2. The summed E-state index contributed by atoms with van der Waals surface area (Å²) >= 11 is 1.67. The van der Waals surface area contributed by atoms with Crippen LogP contribution >= 0.6 is 11.3 Å². The highest BCUT2D eigenvalue weighted by Crippen LogP contribution is 2.36. The zero-order valence-corrected chi connectivity index (χ0v) is 9.68. The van der Waals surface area contributed by atoms with Gasteiger partial charge in [-0.3, -0.25) is 5.43 Å². The van der Waals surface area contributed by atoms with E-state index in [1.807, 2.05) is 0 Å². The molecule has 0 atom stereocenters. The van der Waals surface area contributed by atoms with Gasteiger partial charge >= 0.3 is 0 Å². The quantitative estimate of drug-likeness (QED) is 0.586. The van der Waals surface area contributed by atoms with Gasteiger partial charge in [-0.15, -0.1) is 11.3 Å². The highest BCUT2D eigenvalue weighted by atomic mass is 32.1. The molecule has 3 N–H and O–H groups in total. The van der Waals surface area contributed by atoms with E-state index in [2.05, 4.69) is 34.7 Å². The fraction of sp³-hybridized carbons (Fsp3) is 0.250. The van der Waals surface area contributed by atoms with Crippen molar-refractivity contribution < 1.29 is 0 Å². The van der Waals surface area contributed by atoms with Crippen LogP contribution < -0.4 is 11.3 Å². The van der Waals surface area contributed by atoms with Crippen LogP contribution in [0.15, 0.2) is 24.3 Å². The predicted octanol–water partition coefficient (Wildman–Crippen LogP) is 2.58. The molecule has 0 bridgehead atoms. The number of nitrogens with two attached hydrogens (primary N) is 1. The molecule has 0 unspecified atom stereocenters. The Kier molecular flexibility index (Phi) is 2.38. The number of thiazole rings is 1. The first-order valence-electron chi connectivity index (χ1n) is 5.43. The first-order chi connectivity index (χ1) is 7.88. The normalized spacial score (nSPS) is 13.8. The lowest BCUT2D eigenvalue weighted by Crippen LogP contribution is -2.05. The molecule has 0 saturated carbocycles. The van der Waals surface area contributed by atoms with E-state index in [-0.39, 0.29) is 0 Å². The van der Waals surface area contributed by atoms with Crippen molar-refractivity contribution in [2.45, 2.75) is 19.3 Å². The van der Waals surface area contributed by atoms with Crippen molar-refractivity contribution >= 4 is 16.5 Å². The van der Waals surface area contributed by atoms with Gasteiger partial charge in [0.2, 0.25) is 0 Å². The van der Waals surface area contributed by atoms with E-state index in [0.717, 1.165) is 23.7 Å². The number of hydrogen-bond donors (Lipinski definition) is 2. The van der Waals surface area contributed by atoms with Gasteiger partial charge in [-0.1, -0.05) is 24.3 Å². The molecule has 2 aromatic rings. The van der Waals surface area contributed by atoms with Crippen molar-refractivity contribution in [1.82, 2.24) is 4.98 Å². The third-order valence-corrected chi connectivity index (χ3v) is 3.99. The van der Waals surface area contributed by atoms with Crippen LogP contribution in [0.5, 0.6) is 0 Å². The average molecular weight is 231 g/mol. The van der Waals surface area contributed by atoms with Gasteiger partial charge in [0.1, 0.15) is 0 Å². The minimum atomic E-state index is 0.807. The van der Waals surface area contributed by atoms with Gasteiger partial charge < -0.3 is 0 Å². The summed E-state index contributed by atoms with van der Waals surface area (Å²) in [6.45, 7) is 0. The summed E-state index contributed by atoms with van der Waals surface area (Å²) in [6.07, 6.45) is 3.43. The van der Waals surface area contributed by atoms with E-state index in [0.29, 0.717) is 0 Å². The molecule has 1 aromatic heterocycles. The molecule has 3 nitrogen and oxygen atoms in total. The van der Waals surface area contributed by atoms with Crippen LogP contribution in [-0.4, -0.2) is 4.98 Å². The third kappa shape index (κ3) is 1.50. The number of nitrogens with one attached hydrogen (secondary N) is 1. The summed E-state index contributed by atoms with van der Waals surface area (Å²) in [5.41, 5.74) is 6.43. The molecular formula is C12H13N3S. The van der Waals surface area contributed by atoms with Crippen molar-refractivity contribution in [3.8, 4) is 11.3 Å². The van der Waals surface area contributed by atoms with Crippen LogP contribution in [-0.2, 0) is 12.8 Å². The maximum Gasteiger partial charge on any atom is 0.197 e. The summed E-state index contributed by atoms with van der Waals surface area (Å²) in [5.74, 6) is 5.42. The Labute approximate surface area is 98.3 Å². The molecular weight excluding hydrogens is 218 g/mol. The second-order valence-corrected chi connectivity index (χ2v) is 5.03. The van der Waals surface area contributed by atoms with Crippen molar-refractivity contribution in [2.24, 2.45) is 5.84 Å². The lowest BCUT2D eigenvalue weighted by atomic mass is 10.0. The standard InChI is InChI=1S/C12H13N3S/c13-15-12-14-11-9-6-2-1-4-8(9)5-3-7-10(11)16-12/h1-2,4,6H,3,5,7,13H2,(H,14,15). The van der Waals surface area contributed by atoms with Gasteiger partial charge in [0.05, 0.1) is 5.69 Å². The molecule has 1 aliphatic rings. The summed E-state index contributed by atoms with van der Waals surface area (Å²) in [5, 5.41) is 0.807. The number of fused-ring (bicyclic) bond motifs is 3. The number of aromatic nitrogens is 1. The summed E-state index contributed by atoms with van der Waals surface area (Å²) in [7, 11) is 0. The first kappa shape index (κ1) is 9.81. The van der Waals surface area contributed by atoms with Gasteiger partial charge in [-0.05, 0) is 24.8 Å². The zero-order valence-electron chi connectivity index (χ0n) is 8.86. The van der Waals surface area contributed by atoms with Gasteiger partial charge in [0, 0.05) is 10.4 Å². The van der Waals surface area contributed by atoms with Gasteiger partial charge in [0.25, 0.3) is 0 Å². The molecule has 0 saturated heterocycles. The minimum Gasteiger partial charge on any atom is -0.300 e. The van der Waals surface area contributed by atoms with Crippen LogP contribution in [0.1, 0.15) is 16.9 Å². The SMILES string of the molecule is NNc1nc2c(s1)CCCc1ccccc1-2. The largest absolute Gasteiger partial charge is 0.300 e. The fourth-order valence-electron chi connectivity index (χ4n) is 2.20. The molecule has 4 heteroatoms. The number of hydrazine groups is 1. The van der Waals surface area contributed by atoms with Gasteiger partial charge in [-0.25, -0.2) is 10.8 Å². The fourth-order valence-corrected chi connectivity index (χ4v) is 3.13. The molecule has 82 valence electrons. The summed E-state index contributed by atoms with van der Waals surface area (Å²) in [6, 6.07) is 8.51. The Balaban J connectivity index is 2.20. The number of rotatable bonds is 1. The Morgan fingerprint density at radius 3 is 3.00 bits per heavy atom. The second kappa shape index (κ2) is 3.88. The van der Waals surface area contributed by atoms with Crippen LogP contribution in [0.2, 0.25) is 0 Å². The molecule has 1 aromatic carbocycles. The van der Waals surface area contributed by atoms with E-state index in [9.17, 15) is 0 Å². The van der Waals surface area contributed by atoms with E-state index < -0.39 is 0 Å². The first-order valence-corrected chi connectivity index (χ1v) is 6.25. The molecule has 3 rings (SSSR count). The Bertz CT molecular complexity index is 519. The number of benzene rings is 1. The van der Waals surface area contributed by atoms with Gasteiger partial charge in [-0.2, -0.15) is 0 Å². The average Bonchev–Trinajstić information content (AvgIpc) is 2.66. The molecule has 0 amide bonds. The Morgan fingerprint density at radius 2 is 2.12 bits per heavy atom. The number of nitrogens with zero attached hydrogens (tertiary/aromatic N) is 1. The molecule has 0 radical (unpaired) electrons. The lowest BCUT2D eigenvalue weighted by Gasteiger charge is -2.03. The monoisotopic (exact) mass is 231 g/mol. The van der Waals surface area contributed by atoms with Gasteiger partial charge in [0.15, 0.2) is 5.13 Å². The van der Waals surface area contributed by atoms with Crippen LogP contribution in [0, 0.1) is 0 Å². The molecule has 0 fully saturated rings. The highest BCUT2D eigenvalue weighted by molar-refractivity contribution is 7.16. The van der Waals surface area contributed by atoms with E-state index >= 15 is 0 Å². The smallest absolute Gasteiger partial charge is 0.197 e. The highest BCUT2D eigenvalue weighted by Gasteiger charge is 2.18. The summed E-state index contributed by atoms with van der Waals surface area (Å²) < 4.78 is 0. The molecule has 1 heterocycles. The minimum absolute atomic E-state index is 0.807. The van der Waals surface area contributed by atoms with Crippen LogP contribution in [0.3, 0.4) is 0 Å². The molecule has 0 spiro atoms. The zero-order chi connectivity index (χ0) is 11.0. The maximum atomic E-state index is 5.42. The summed E-state index contributed by atoms with van der Waals surface area (Å²) in [4.78, 5) is 5.90. The van der Waals surface area contributed by atoms with E-state index in [1.54, 1.807) is 11.3 Å². The number of nitrogen functional groups attached to an aromatic ring is 1. The van der Waals surface area contributed by atoms with Crippen molar-refractivity contribution in [3.05, 3.63) is 34.7 Å². The molecule has 0 aliphatic heterocycles. The molecule has 16 heavy (non-hydrogen) atoms. The second-order valence-electron chi connectivity index (χ2n) is 3.95. The van der Waals surface area contributed by atoms with Crippen LogP contribution in [0.25, 0.3) is 11.3 Å². The Morgan fingerprint density at radius 1 is 1.25 bits per heavy atom. The Hall–Kier alpha value is -1.39. The number of hydrogen-bond acceptors (Lipinski definition) is 4. The maximum absolute atomic E-state index is 5.42. The van der Waals surface area contributed by atoms with Crippen molar-refractivity contribution in [1.29, 1.82) is 0 Å². The van der Waals surface area contributed by atoms with E-state index in [1.165, 1.54) is 22.4 Å². The lowest BCUT2D eigenvalue weighted by molar-refractivity contribution is 0.843. The van der Waals surface area contributed by atoms with Crippen molar-refractivity contribution in [2.75, 3.05) is 5.43 Å². The topological polar surface area (TPSA) is 50.9 Å². The molecule has 1 aliphatic carbocycles. The van der Waals surface area contributed by atoms with E-state index in [4.69, 9.17) is 5.84 Å². The predicted molar refractivity (Wildman–Crippen MR) is 67.4 cm³/mol. The van der Waals surface area contributed by atoms with Crippen molar-refractivity contribution in [3.63, 3.8) is 0 Å². The third-order valence-electron chi connectivity index (χ3n) is 2.94. The number of anilines is 1.